The topological polar surface area (TPSA) is 0 Å². The van der Waals surface area contributed by atoms with E-state index in [1.807, 2.05) is 24.3 Å². The molecule has 0 heterocycles. The van der Waals surface area contributed by atoms with Crippen molar-refractivity contribution in [2.45, 2.75) is 17.7 Å². The van der Waals surface area contributed by atoms with Crippen LogP contribution < -0.4 is 0 Å². The van der Waals surface area contributed by atoms with Crippen molar-refractivity contribution in [2.75, 3.05) is 0 Å². The Hall–Kier alpha value is -0.920. The Balaban J connectivity index is 2.28. The van der Waals surface area contributed by atoms with Crippen molar-refractivity contribution in [3.05, 3.63) is 64.7 Å². The molecule has 0 saturated carbocycles. The third-order valence-electron chi connectivity index (χ3n) is 2.76. The molecular formula is C14H13ClS. The summed E-state index contributed by atoms with van der Waals surface area (Å²) >= 11 is 10.2. The highest BCUT2D eigenvalue weighted by Gasteiger charge is 2.07. The molecule has 0 radical (unpaired) electrons. The zero-order valence-electron chi connectivity index (χ0n) is 9.02. The second-order valence-electron chi connectivity index (χ2n) is 3.86. The van der Waals surface area contributed by atoms with Crippen LogP contribution >= 0.6 is 24.2 Å². The molecule has 0 aliphatic heterocycles. The van der Waals surface area contributed by atoms with Crippen LogP contribution in [0, 0.1) is 0 Å². The van der Waals surface area contributed by atoms with Gasteiger partial charge in [-0.25, -0.2) is 0 Å². The average Bonchev–Trinajstić information content (AvgIpc) is 2.30. The number of halogens is 1. The number of hydrogen-bond donors (Lipinski definition) is 1. The van der Waals surface area contributed by atoms with E-state index in [-0.39, 0.29) is 0 Å². The van der Waals surface area contributed by atoms with Crippen LogP contribution in [-0.4, -0.2) is 0 Å². The Kier molecular flexibility index (Phi) is 3.57. The van der Waals surface area contributed by atoms with E-state index >= 15 is 0 Å². The van der Waals surface area contributed by atoms with E-state index in [1.165, 1.54) is 11.1 Å². The summed E-state index contributed by atoms with van der Waals surface area (Å²) in [7, 11) is 0. The molecule has 82 valence electrons. The second kappa shape index (κ2) is 4.94. The van der Waals surface area contributed by atoms with Gasteiger partial charge < -0.3 is 0 Å². The van der Waals surface area contributed by atoms with Crippen LogP contribution in [0.2, 0.25) is 5.02 Å². The molecule has 0 amide bonds. The van der Waals surface area contributed by atoms with E-state index in [0.29, 0.717) is 5.92 Å². The van der Waals surface area contributed by atoms with Crippen LogP contribution in [0.5, 0.6) is 0 Å². The molecule has 0 N–H and O–H groups in total. The van der Waals surface area contributed by atoms with Gasteiger partial charge in [0.15, 0.2) is 0 Å². The Morgan fingerprint density at radius 2 is 1.31 bits per heavy atom. The molecule has 0 aromatic heterocycles. The van der Waals surface area contributed by atoms with Crippen LogP contribution in [-0.2, 0) is 0 Å². The van der Waals surface area contributed by atoms with Gasteiger partial charge in [0, 0.05) is 15.8 Å². The summed E-state index contributed by atoms with van der Waals surface area (Å²) in [6.07, 6.45) is 0. The maximum absolute atomic E-state index is 5.87. The Morgan fingerprint density at radius 3 is 1.81 bits per heavy atom. The molecule has 0 aliphatic rings. The summed E-state index contributed by atoms with van der Waals surface area (Å²) in [5.74, 6) is 0.381. The molecular weight excluding hydrogens is 236 g/mol. The highest BCUT2D eigenvalue weighted by molar-refractivity contribution is 7.80. The fraction of sp³-hybridized carbons (Fsp3) is 0.143. The first kappa shape index (κ1) is 11.6. The molecule has 16 heavy (non-hydrogen) atoms. The lowest BCUT2D eigenvalue weighted by Gasteiger charge is -2.12. The van der Waals surface area contributed by atoms with E-state index in [9.17, 15) is 0 Å². The van der Waals surface area contributed by atoms with Gasteiger partial charge in [0.2, 0.25) is 0 Å². The van der Waals surface area contributed by atoms with Crippen LogP contribution in [0.3, 0.4) is 0 Å². The van der Waals surface area contributed by atoms with Crippen LogP contribution in [0.25, 0.3) is 0 Å². The van der Waals surface area contributed by atoms with Gasteiger partial charge in [-0.3, -0.25) is 0 Å². The van der Waals surface area contributed by atoms with E-state index < -0.39 is 0 Å². The third kappa shape index (κ3) is 2.60. The number of hydrogen-bond acceptors (Lipinski definition) is 1. The van der Waals surface area contributed by atoms with Gasteiger partial charge in [0.25, 0.3) is 0 Å². The fourth-order valence-corrected chi connectivity index (χ4v) is 1.98. The van der Waals surface area contributed by atoms with E-state index in [0.717, 1.165) is 9.92 Å². The average molecular weight is 249 g/mol. The Labute approximate surface area is 107 Å². The molecule has 2 aromatic rings. The van der Waals surface area contributed by atoms with Gasteiger partial charge in [-0.15, -0.1) is 12.6 Å². The molecule has 0 fully saturated rings. The second-order valence-corrected chi connectivity index (χ2v) is 4.82. The van der Waals surface area contributed by atoms with Crippen molar-refractivity contribution in [1.29, 1.82) is 0 Å². The predicted octanol–water partition coefficient (Wildman–Crippen LogP) is 4.78. The van der Waals surface area contributed by atoms with Crippen molar-refractivity contribution in [3.8, 4) is 0 Å². The molecule has 0 aliphatic carbocycles. The third-order valence-corrected chi connectivity index (χ3v) is 3.31. The summed E-state index contributed by atoms with van der Waals surface area (Å²) in [6, 6.07) is 16.3. The maximum atomic E-state index is 5.87. The number of rotatable bonds is 2. The van der Waals surface area contributed by atoms with Gasteiger partial charge in [0.05, 0.1) is 0 Å². The molecule has 0 spiro atoms. The molecule has 0 bridgehead atoms. The standard InChI is InChI=1S/C14H13ClS/c1-10(11-2-6-13(15)7-3-11)12-4-8-14(16)9-5-12/h2-10,16H,1H3. The van der Waals surface area contributed by atoms with Crippen molar-refractivity contribution in [2.24, 2.45) is 0 Å². The Morgan fingerprint density at radius 1 is 0.875 bits per heavy atom. The monoisotopic (exact) mass is 248 g/mol. The molecule has 0 nitrogen and oxygen atoms in total. The quantitative estimate of drug-likeness (QED) is 0.727. The van der Waals surface area contributed by atoms with E-state index in [1.54, 1.807) is 0 Å². The highest BCUT2D eigenvalue weighted by Crippen LogP contribution is 2.25. The predicted molar refractivity (Wildman–Crippen MR) is 72.7 cm³/mol. The fourth-order valence-electron chi connectivity index (χ4n) is 1.71. The molecule has 1 unspecified atom stereocenters. The SMILES string of the molecule is CC(c1ccc(S)cc1)c1ccc(Cl)cc1. The van der Waals surface area contributed by atoms with E-state index in [4.69, 9.17) is 11.6 Å². The lowest BCUT2D eigenvalue weighted by molar-refractivity contribution is 0.920. The molecule has 2 rings (SSSR count). The molecule has 2 heteroatoms. The molecule has 0 saturated heterocycles. The number of benzene rings is 2. The first-order valence-electron chi connectivity index (χ1n) is 5.21. The highest BCUT2D eigenvalue weighted by atomic mass is 35.5. The van der Waals surface area contributed by atoms with Gasteiger partial charge >= 0.3 is 0 Å². The van der Waals surface area contributed by atoms with Gasteiger partial charge in [-0.1, -0.05) is 42.8 Å². The van der Waals surface area contributed by atoms with Crippen LogP contribution in [0.15, 0.2) is 53.4 Å². The number of thiol groups is 1. The summed E-state index contributed by atoms with van der Waals surface area (Å²) < 4.78 is 0. The summed E-state index contributed by atoms with van der Waals surface area (Å²) in [5, 5.41) is 0.779. The van der Waals surface area contributed by atoms with Gasteiger partial charge in [-0.2, -0.15) is 0 Å². The largest absolute Gasteiger partial charge is 0.143 e. The minimum atomic E-state index is 0.381. The van der Waals surface area contributed by atoms with Crippen molar-refractivity contribution < 1.29 is 0 Å². The maximum Gasteiger partial charge on any atom is 0.0406 e. The zero-order chi connectivity index (χ0) is 11.5. The lowest BCUT2D eigenvalue weighted by Crippen LogP contribution is -1.95. The first-order chi connectivity index (χ1) is 7.66. The van der Waals surface area contributed by atoms with Gasteiger partial charge in [0.1, 0.15) is 0 Å². The van der Waals surface area contributed by atoms with E-state index in [2.05, 4.69) is 43.8 Å². The molecule has 1 atom stereocenters. The summed E-state index contributed by atoms with van der Waals surface area (Å²) in [4.78, 5) is 0.993. The first-order valence-corrected chi connectivity index (χ1v) is 6.04. The summed E-state index contributed by atoms with van der Waals surface area (Å²) in [5.41, 5.74) is 2.57. The minimum absolute atomic E-state index is 0.381. The van der Waals surface area contributed by atoms with Crippen molar-refractivity contribution >= 4 is 24.2 Å². The lowest BCUT2D eigenvalue weighted by atomic mass is 9.93. The smallest absolute Gasteiger partial charge is 0.0406 e. The minimum Gasteiger partial charge on any atom is -0.143 e. The summed E-state index contributed by atoms with van der Waals surface area (Å²) in [6.45, 7) is 2.19. The zero-order valence-corrected chi connectivity index (χ0v) is 10.7. The van der Waals surface area contributed by atoms with Crippen LogP contribution in [0.1, 0.15) is 24.0 Å². The van der Waals surface area contributed by atoms with Crippen molar-refractivity contribution in [3.63, 3.8) is 0 Å². The Bertz CT molecular complexity index is 414. The van der Waals surface area contributed by atoms with Crippen LogP contribution in [0.4, 0.5) is 0 Å². The molecule has 2 aromatic carbocycles. The van der Waals surface area contributed by atoms with Gasteiger partial charge in [-0.05, 0) is 35.4 Å². The normalized spacial score (nSPS) is 12.4. The van der Waals surface area contributed by atoms with Crippen molar-refractivity contribution in [1.82, 2.24) is 0 Å².